The Bertz CT molecular complexity index is 1190. The Morgan fingerprint density at radius 2 is 1.89 bits per heavy atom. The normalized spacial score (nSPS) is 18.1. The zero-order valence-corrected chi connectivity index (χ0v) is 22.1. The van der Waals surface area contributed by atoms with E-state index in [2.05, 4.69) is 25.3 Å². The minimum absolute atomic E-state index is 0.0595. The lowest BCUT2D eigenvalue weighted by molar-refractivity contribution is 0.0405. The van der Waals surface area contributed by atoms with Gasteiger partial charge in [0.25, 0.3) is 11.8 Å². The molecule has 2 aromatic rings. The number of ether oxygens (including phenoxy) is 1. The van der Waals surface area contributed by atoms with Crippen molar-refractivity contribution in [1.29, 1.82) is 0 Å². The van der Waals surface area contributed by atoms with Gasteiger partial charge in [0.05, 0.1) is 23.9 Å². The molecule has 38 heavy (non-hydrogen) atoms. The molecule has 206 valence electrons. The first kappa shape index (κ1) is 27.5. The van der Waals surface area contributed by atoms with E-state index in [9.17, 15) is 14.7 Å². The number of carbonyl (C=O) groups is 2. The molecule has 3 heterocycles. The summed E-state index contributed by atoms with van der Waals surface area (Å²) in [5, 5.41) is 13.0. The second kappa shape index (κ2) is 10.7. The first-order chi connectivity index (χ1) is 17.9. The van der Waals surface area contributed by atoms with Crippen molar-refractivity contribution < 1.29 is 19.4 Å². The van der Waals surface area contributed by atoms with Crippen molar-refractivity contribution in [3.05, 3.63) is 29.3 Å². The SMILES string of the molecule is C[C@@H](NC(=O)c1nc(OCC2(CN)CC2)nc(N2CCC(c3ccc(N)c(C(N)=O)n3)CC2)n1)C(C)(C)O. The van der Waals surface area contributed by atoms with Gasteiger partial charge in [0.2, 0.25) is 11.8 Å². The molecule has 1 aliphatic carbocycles. The van der Waals surface area contributed by atoms with Gasteiger partial charge < -0.3 is 37.3 Å². The van der Waals surface area contributed by atoms with Gasteiger partial charge >= 0.3 is 6.01 Å². The van der Waals surface area contributed by atoms with Crippen LogP contribution in [0.3, 0.4) is 0 Å². The molecule has 1 saturated carbocycles. The van der Waals surface area contributed by atoms with Crippen LogP contribution in [0, 0.1) is 5.41 Å². The van der Waals surface area contributed by atoms with Gasteiger partial charge in [-0.25, -0.2) is 4.98 Å². The molecule has 2 amide bonds. The summed E-state index contributed by atoms with van der Waals surface area (Å²) >= 11 is 0. The van der Waals surface area contributed by atoms with Gasteiger partial charge in [0, 0.05) is 36.7 Å². The monoisotopic (exact) mass is 527 g/mol. The van der Waals surface area contributed by atoms with E-state index in [-0.39, 0.29) is 34.5 Å². The Labute approximate surface area is 221 Å². The summed E-state index contributed by atoms with van der Waals surface area (Å²) in [5.74, 6) is -0.862. The number of nitrogen functional groups attached to an aromatic ring is 1. The molecule has 1 atom stereocenters. The molecule has 0 bridgehead atoms. The van der Waals surface area contributed by atoms with Crippen LogP contribution in [0.4, 0.5) is 11.6 Å². The van der Waals surface area contributed by atoms with Crippen molar-refractivity contribution in [2.45, 2.75) is 64.0 Å². The molecule has 2 fully saturated rings. The molecular weight excluding hydrogens is 490 g/mol. The largest absolute Gasteiger partial charge is 0.463 e. The van der Waals surface area contributed by atoms with E-state index in [1.54, 1.807) is 26.8 Å². The Kier molecular flexibility index (Phi) is 7.70. The fraction of sp³-hybridized carbons (Fsp3) is 0.600. The van der Waals surface area contributed by atoms with Crippen molar-refractivity contribution >= 4 is 23.5 Å². The number of anilines is 2. The third-order valence-corrected chi connectivity index (χ3v) is 7.49. The summed E-state index contributed by atoms with van der Waals surface area (Å²) in [6.45, 7) is 6.96. The predicted molar refractivity (Wildman–Crippen MR) is 141 cm³/mol. The Morgan fingerprint density at radius 1 is 1.21 bits per heavy atom. The van der Waals surface area contributed by atoms with Crippen LogP contribution in [0.2, 0.25) is 0 Å². The molecule has 2 aromatic heterocycles. The summed E-state index contributed by atoms with van der Waals surface area (Å²) in [5.41, 5.74) is 17.0. The van der Waals surface area contributed by atoms with E-state index < -0.39 is 23.5 Å². The highest BCUT2D eigenvalue weighted by molar-refractivity contribution is 5.95. The van der Waals surface area contributed by atoms with Crippen LogP contribution in [0.25, 0.3) is 0 Å². The van der Waals surface area contributed by atoms with E-state index in [4.69, 9.17) is 21.9 Å². The maximum absolute atomic E-state index is 13.0. The summed E-state index contributed by atoms with van der Waals surface area (Å²) in [4.78, 5) is 44.2. The maximum atomic E-state index is 13.0. The fourth-order valence-electron chi connectivity index (χ4n) is 4.18. The van der Waals surface area contributed by atoms with E-state index in [0.717, 1.165) is 18.5 Å². The van der Waals surface area contributed by atoms with Crippen LogP contribution >= 0.6 is 0 Å². The lowest BCUT2D eigenvalue weighted by atomic mass is 9.93. The number of rotatable bonds is 10. The predicted octanol–water partition coefficient (Wildman–Crippen LogP) is 0.339. The first-order valence-corrected chi connectivity index (χ1v) is 12.8. The second-order valence-electron chi connectivity index (χ2n) is 10.9. The lowest BCUT2D eigenvalue weighted by Gasteiger charge is -2.32. The van der Waals surface area contributed by atoms with Crippen molar-refractivity contribution in [3.63, 3.8) is 0 Å². The van der Waals surface area contributed by atoms with Crippen LogP contribution in [0.5, 0.6) is 6.01 Å². The molecule has 2 aliphatic rings. The summed E-state index contributed by atoms with van der Waals surface area (Å²) in [7, 11) is 0. The number of piperidine rings is 1. The Hall–Kier alpha value is -3.58. The van der Waals surface area contributed by atoms with Gasteiger partial charge in [-0.05, 0) is 58.6 Å². The van der Waals surface area contributed by atoms with Crippen LogP contribution in [-0.2, 0) is 0 Å². The Morgan fingerprint density at radius 3 is 2.47 bits per heavy atom. The minimum Gasteiger partial charge on any atom is -0.463 e. The van der Waals surface area contributed by atoms with Crippen LogP contribution in [-0.4, -0.2) is 74.7 Å². The molecule has 4 rings (SSSR count). The van der Waals surface area contributed by atoms with Crippen molar-refractivity contribution in [1.82, 2.24) is 25.3 Å². The number of amides is 2. The summed E-state index contributed by atoms with van der Waals surface area (Å²) in [6, 6.07) is 2.98. The van der Waals surface area contributed by atoms with E-state index in [0.29, 0.717) is 45.0 Å². The number of nitrogens with two attached hydrogens (primary N) is 3. The van der Waals surface area contributed by atoms with Crippen LogP contribution < -0.4 is 32.2 Å². The van der Waals surface area contributed by atoms with Crippen molar-refractivity contribution in [2.75, 3.05) is 36.9 Å². The lowest BCUT2D eigenvalue weighted by Crippen LogP contribution is -2.47. The average molecular weight is 528 g/mol. The highest BCUT2D eigenvalue weighted by Crippen LogP contribution is 2.44. The molecule has 1 aliphatic heterocycles. The van der Waals surface area contributed by atoms with E-state index in [1.807, 2.05) is 11.0 Å². The van der Waals surface area contributed by atoms with Gasteiger partial charge in [-0.15, -0.1) is 0 Å². The zero-order valence-electron chi connectivity index (χ0n) is 22.1. The molecule has 0 radical (unpaired) electrons. The maximum Gasteiger partial charge on any atom is 0.321 e. The standard InChI is InChI=1S/C25H37N9O4/c1-14(24(2,3)37)29-21(36)20-31-22(33-23(32-20)38-13-25(12-26)8-9-25)34-10-6-15(7-11-34)17-5-4-16(27)18(30-17)19(28)35/h4-5,14-15,37H,6-13,26-27H2,1-3H3,(H2,28,35)(H,29,36)/t14-/m1/s1. The van der Waals surface area contributed by atoms with E-state index >= 15 is 0 Å². The third kappa shape index (κ3) is 6.27. The molecule has 0 unspecified atom stereocenters. The summed E-state index contributed by atoms with van der Waals surface area (Å²) in [6.07, 6.45) is 3.37. The molecular formula is C25H37N9O4. The van der Waals surface area contributed by atoms with Crippen molar-refractivity contribution in [2.24, 2.45) is 16.9 Å². The van der Waals surface area contributed by atoms with Gasteiger partial charge in [-0.3, -0.25) is 9.59 Å². The number of aromatic nitrogens is 4. The number of nitrogens with zero attached hydrogens (tertiary/aromatic N) is 5. The number of hydrogen-bond donors (Lipinski definition) is 5. The minimum atomic E-state index is -1.13. The van der Waals surface area contributed by atoms with E-state index in [1.165, 1.54) is 0 Å². The fourth-order valence-corrected chi connectivity index (χ4v) is 4.18. The van der Waals surface area contributed by atoms with Crippen LogP contribution in [0.15, 0.2) is 12.1 Å². The third-order valence-electron chi connectivity index (χ3n) is 7.49. The number of nitrogens with one attached hydrogen (secondary N) is 1. The molecule has 13 heteroatoms. The number of pyridine rings is 1. The van der Waals surface area contributed by atoms with Gasteiger partial charge in [-0.1, -0.05) is 0 Å². The molecule has 1 saturated heterocycles. The van der Waals surface area contributed by atoms with Gasteiger partial charge in [0.1, 0.15) is 0 Å². The molecule has 0 aromatic carbocycles. The highest BCUT2D eigenvalue weighted by atomic mass is 16.5. The van der Waals surface area contributed by atoms with Gasteiger partial charge in [-0.2, -0.15) is 15.0 Å². The number of primary amides is 1. The number of carbonyl (C=O) groups excluding carboxylic acids is 2. The quantitative estimate of drug-likeness (QED) is 0.284. The zero-order chi connectivity index (χ0) is 27.7. The molecule has 13 nitrogen and oxygen atoms in total. The number of hydrogen-bond acceptors (Lipinski definition) is 11. The number of aliphatic hydroxyl groups is 1. The highest BCUT2D eigenvalue weighted by Gasteiger charge is 2.42. The molecule has 8 N–H and O–H groups in total. The topological polar surface area (TPSA) is 208 Å². The van der Waals surface area contributed by atoms with Crippen molar-refractivity contribution in [3.8, 4) is 6.01 Å². The summed E-state index contributed by atoms with van der Waals surface area (Å²) < 4.78 is 5.89. The molecule has 0 spiro atoms. The van der Waals surface area contributed by atoms with Crippen LogP contribution in [0.1, 0.15) is 79.2 Å². The average Bonchev–Trinajstić information content (AvgIpc) is 3.67. The Balaban J connectivity index is 1.52. The first-order valence-electron chi connectivity index (χ1n) is 12.8. The second-order valence-corrected chi connectivity index (χ2v) is 10.9. The smallest absolute Gasteiger partial charge is 0.321 e. The van der Waals surface area contributed by atoms with Gasteiger partial charge in [0.15, 0.2) is 5.69 Å².